The summed E-state index contributed by atoms with van der Waals surface area (Å²) in [5, 5.41) is 30.8. The van der Waals surface area contributed by atoms with Gasteiger partial charge in [-0.1, -0.05) is 6.07 Å². The molecule has 0 atom stereocenters. The first kappa shape index (κ1) is 15.2. The number of aromatic hydroxyl groups is 2. The van der Waals surface area contributed by atoms with E-state index in [1.807, 2.05) is 0 Å². The van der Waals surface area contributed by atoms with Crippen LogP contribution in [0.1, 0.15) is 36.0 Å². The molecule has 0 radical (unpaired) electrons. The first-order chi connectivity index (χ1) is 9.99. The monoisotopic (exact) mass is 293 g/mol. The van der Waals surface area contributed by atoms with Crippen molar-refractivity contribution < 1.29 is 24.9 Å². The third-order valence-electron chi connectivity index (χ3n) is 3.99. The lowest BCUT2D eigenvalue weighted by molar-refractivity contribution is -0.143. The summed E-state index contributed by atoms with van der Waals surface area (Å²) in [5.41, 5.74) is -0.128. The summed E-state index contributed by atoms with van der Waals surface area (Å²) in [6.07, 6.45) is 2.75. The van der Waals surface area contributed by atoms with Crippen LogP contribution in [0.4, 0.5) is 0 Å². The summed E-state index contributed by atoms with van der Waals surface area (Å²) in [6, 6.07) is 4.13. The van der Waals surface area contributed by atoms with Crippen molar-refractivity contribution in [3.8, 4) is 11.5 Å². The molecule has 0 bridgehead atoms. The van der Waals surface area contributed by atoms with Gasteiger partial charge < -0.3 is 20.6 Å². The molecule has 1 saturated carbocycles. The lowest BCUT2D eigenvalue weighted by Gasteiger charge is -2.26. The molecule has 114 valence electrons. The van der Waals surface area contributed by atoms with E-state index in [0.29, 0.717) is 19.4 Å². The molecule has 0 unspecified atom stereocenters. The van der Waals surface area contributed by atoms with E-state index in [1.54, 1.807) is 0 Å². The highest BCUT2D eigenvalue weighted by atomic mass is 16.4. The SMILES string of the molecule is O=C(NCC1CCC(C(=O)O)CC1)c1c(O)cccc1O. The Morgan fingerprint density at radius 3 is 2.19 bits per heavy atom. The van der Waals surface area contributed by atoms with E-state index in [0.717, 1.165) is 12.8 Å². The van der Waals surface area contributed by atoms with E-state index in [9.17, 15) is 19.8 Å². The topological polar surface area (TPSA) is 107 Å². The molecule has 0 saturated heterocycles. The number of benzene rings is 1. The number of phenols is 2. The van der Waals surface area contributed by atoms with Crippen molar-refractivity contribution in [1.82, 2.24) is 5.32 Å². The van der Waals surface area contributed by atoms with Crippen LogP contribution in [0.25, 0.3) is 0 Å². The van der Waals surface area contributed by atoms with Gasteiger partial charge in [0.15, 0.2) is 0 Å². The zero-order chi connectivity index (χ0) is 15.4. The Balaban J connectivity index is 1.87. The van der Waals surface area contributed by atoms with E-state index in [4.69, 9.17) is 5.11 Å². The van der Waals surface area contributed by atoms with Crippen molar-refractivity contribution >= 4 is 11.9 Å². The molecule has 0 spiro atoms. The van der Waals surface area contributed by atoms with Gasteiger partial charge in [0.25, 0.3) is 5.91 Å². The molecule has 1 aromatic rings. The van der Waals surface area contributed by atoms with Crippen LogP contribution in [-0.2, 0) is 4.79 Å². The van der Waals surface area contributed by atoms with Gasteiger partial charge in [-0.15, -0.1) is 0 Å². The number of hydrogen-bond acceptors (Lipinski definition) is 4. The zero-order valence-electron chi connectivity index (χ0n) is 11.6. The number of carboxylic acids is 1. The van der Waals surface area contributed by atoms with E-state index >= 15 is 0 Å². The maximum absolute atomic E-state index is 12.0. The molecule has 1 amide bonds. The molecule has 6 nitrogen and oxygen atoms in total. The van der Waals surface area contributed by atoms with Crippen LogP contribution >= 0.6 is 0 Å². The summed E-state index contributed by atoms with van der Waals surface area (Å²) in [6.45, 7) is 0.416. The molecular weight excluding hydrogens is 274 g/mol. The maximum atomic E-state index is 12.0. The van der Waals surface area contributed by atoms with Gasteiger partial charge in [-0.3, -0.25) is 9.59 Å². The Kier molecular flexibility index (Phi) is 4.67. The second kappa shape index (κ2) is 6.47. The molecule has 0 heterocycles. The van der Waals surface area contributed by atoms with E-state index < -0.39 is 11.9 Å². The highest BCUT2D eigenvalue weighted by molar-refractivity contribution is 5.99. The van der Waals surface area contributed by atoms with Gasteiger partial charge in [0.2, 0.25) is 0 Å². The van der Waals surface area contributed by atoms with Gasteiger partial charge in [-0.2, -0.15) is 0 Å². The Labute approximate surface area is 122 Å². The van der Waals surface area contributed by atoms with Crippen molar-refractivity contribution in [3.63, 3.8) is 0 Å². The lowest BCUT2D eigenvalue weighted by Crippen LogP contribution is -2.32. The van der Waals surface area contributed by atoms with Crippen molar-refractivity contribution in [2.45, 2.75) is 25.7 Å². The summed E-state index contributed by atoms with van der Waals surface area (Å²) in [7, 11) is 0. The number of nitrogens with one attached hydrogen (secondary N) is 1. The highest BCUT2D eigenvalue weighted by Gasteiger charge is 2.26. The summed E-state index contributed by atoms with van der Waals surface area (Å²) < 4.78 is 0. The molecule has 0 aliphatic heterocycles. The smallest absolute Gasteiger partial charge is 0.306 e. The molecule has 21 heavy (non-hydrogen) atoms. The number of rotatable bonds is 4. The lowest BCUT2D eigenvalue weighted by atomic mass is 9.82. The zero-order valence-corrected chi connectivity index (χ0v) is 11.6. The second-order valence-corrected chi connectivity index (χ2v) is 5.44. The van der Waals surface area contributed by atoms with Gasteiger partial charge in [0.05, 0.1) is 5.92 Å². The van der Waals surface area contributed by atoms with Crippen molar-refractivity contribution in [3.05, 3.63) is 23.8 Å². The Bertz CT molecular complexity index is 515. The Morgan fingerprint density at radius 1 is 1.10 bits per heavy atom. The van der Waals surface area contributed by atoms with Crippen LogP contribution in [0.2, 0.25) is 0 Å². The molecule has 1 aliphatic carbocycles. The summed E-state index contributed by atoms with van der Waals surface area (Å²) in [5.74, 6) is -1.84. The molecule has 6 heteroatoms. The van der Waals surface area contributed by atoms with Crippen LogP contribution in [-0.4, -0.2) is 33.7 Å². The van der Waals surface area contributed by atoms with Gasteiger partial charge in [-0.05, 0) is 43.7 Å². The molecule has 2 rings (SSSR count). The highest BCUT2D eigenvalue weighted by Crippen LogP contribution is 2.29. The predicted octanol–water partition coefficient (Wildman–Crippen LogP) is 1.72. The fourth-order valence-corrected chi connectivity index (χ4v) is 2.70. The van der Waals surface area contributed by atoms with Crippen molar-refractivity contribution in [2.24, 2.45) is 11.8 Å². The van der Waals surface area contributed by atoms with Crippen molar-refractivity contribution in [2.75, 3.05) is 6.54 Å². The molecule has 0 aromatic heterocycles. The number of carboxylic acid groups (broad SMARTS) is 1. The molecule has 1 aliphatic rings. The number of carbonyl (C=O) groups is 2. The number of amides is 1. The van der Waals surface area contributed by atoms with Gasteiger partial charge >= 0.3 is 5.97 Å². The van der Waals surface area contributed by atoms with Crippen LogP contribution < -0.4 is 5.32 Å². The van der Waals surface area contributed by atoms with Gasteiger partial charge in [-0.25, -0.2) is 0 Å². The second-order valence-electron chi connectivity index (χ2n) is 5.44. The molecule has 4 N–H and O–H groups in total. The average Bonchev–Trinajstić information content (AvgIpc) is 2.45. The van der Waals surface area contributed by atoms with Crippen LogP contribution in [0.3, 0.4) is 0 Å². The largest absolute Gasteiger partial charge is 0.507 e. The van der Waals surface area contributed by atoms with Gasteiger partial charge in [0, 0.05) is 6.54 Å². The predicted molar refractivity (Wildman–Crippen MR) is 75.2 cm³/mol. The summed E-state index contributed by atoms with van der Waals surface area (Å²) in [4.78, 5) is 22.8. The summed E-state index contributed by atoms with van der Waals surface area (Å²) >= 11 is 0. The fraction of sp³-hybridized carbons (Fsp3) is 0.467. The van der Waals surface area contributed by atoms with Crippen LogP contribution in [0.5, 0.6) is 11.5 Å². The third-order valence-corrected chi connectivity index (χ3v) is 3.99. The number of carbonyl (C=O) groups excluding carboxylic acids is 1. The van der Waals surface area contributed by atoms with Crippen LogP contribution in [0.15, 0.2) is 18.2 Å². The third kappa shape index (κ3) is 3.65. The first-order valence-electron chi connectivity index (χ1n) is 7.01. The van der Waals surface area contributed by atoms with E-state index in [-0.39, 0.29) is 28.9 Å². The fourth-order valence-electron chi connectivity index (χ4n) is 2.70. The minimum atomic E-state index is -0.753. The maximum Gasteiger partial charge on any atom is 0.306 e. The minimum absolute atomic E-state index is 0.128. The number of phenolic OH excluding ortho intramolecular Hbond substituents is 2. The number of hydrogen-bond donors (Lipinski definition) is 4. The van der Waals surface area contributed by atoms with Crippen molar-refractivity contribution in [1.29, 1.82) is 0 Å². The van der Waals surface area contributed by atoms with Gasteiger partial charge in [0.1, 0.15) is 17.1 Å². The quantitative estimate of drug-likeness (QED) is 0.676. The number of aliphatic carboxylic acids is 1. The Morgan fingerprint density at radius 2 is 1.67 bits per heavy atom. The molecule has 1 fully saturated rings. The average molecular weight is 293 g/mol. The first-order valence-corrected chi connectivity index (χ1v) is 7.01. The molecular formula is C15H19NO5. The van der Waals surface area contributed by atoms with E-state index in [1.165, 1.54) is 18.2 Å². The van der Waals surface area contributed by atoms with E-state index in [2.05, 4.69) is 5.32 Å². The standard InChI is InChI=1S/C15H19NO5/c17-11-2-1-3-12(18)13(11)14(19)16-8-9-4-6-10(7-5-9)15(20)21/h1-3,9-10,17-18H,4-8H2,(H,16,19)(H,20,21). The van der Waals surface area contributed by atoms with Crippen LogP contribution in [0, 0.1) is 11.8 Å². The Hall–Kier alpha value is -2.24. The normalized spacial score (nSPS) is 21.7. The minimum Gasteiger partial charge on any atom is -0.507 e. The molecule has 1 aromatic carbocycles.